The van der Waals surface area contributed by atoms with Gasteiger partial charge in [0.2, 0.25) is 0 Å². The summed E-state index contributed by atoms with van der Waals surface area (Å²) in [6.45, 7) is 1.27. The fourth-order valence-electron chi connectivity index (χ4n) is 4.23. The van der Waals surface area contributed by atoms with Crippen LogP contribution in [0.5, 0.6) is 0 Å². The Hall–Kier alpha value is -2.61. The number of ether oxygens (including phenoxy) is 1. The highest BCUT2D eigenvalue weighted by Crippen LogP contribution is 2.38. The lowest BCUT2D eigenvalue weighted by Crippen LogP contribution is -2.38. The van der Waals surface area contributed by atoms with Crippen LogP contribution in [0, 0.1) is 5.92 Å². The molecule has 0 atom stereocenters. The van der Waals surface area contributed by atoms with Crippen molar-refractivity contribution in [3.05, 3.63) is 35.3 Å². The summed E-state index contributed by atoms with van der Waals surface area (Å²) in [4.78, 5) is 29.6. The number of likely N-dealkylation sites (tertiary alicyclic amines) is 1. The van der Waals surface area contributed by atoms with Gasteiger partial charge in [0.1, 0.15) is 5.01 Å². The maximum atomic E-state index is 12.4. The van der Waals surface area contributed by atoms with Crippen LogP contribution >= 0.6 is 11.3 Å². The van der Waals surface area contributed by atoms with Gasteiger partial charge in [-0.2, -0.15) is 0 Å². The molecule has 1 aromatic carbocycles. The number of hydrogen-bond acceptors (Lipinski definition) is 5. The quantitative estimate of drug-likeness (QED) is 0.663. The van der Waals surface area contributed by atoms with E-state index in [1.54, 1.807) is 11.3 Å². The van der Waals surface area contributed by atoms with Gasteiger partial charge < -0.3 is 14.7 Å². The minimum absolute atomic E-state index is 0.189. The zero-order chi connectivity index (χ0) is 20.9. The smallest absolute Gasteiger partial charge is 0.411 e. The van der Waals surface area contributed by atoms with Crippen molar-refractivity contribution in [2.24, 2.45) is 5.92 Å². The summed E-state index contributed by atoms with van der Waals surface area (Å²) in [6, 6.07) is 7.65. The molecule has 2 aromatic rings. The van der Waals surface area contributed by atoms with Crippen molar-refractivity contribution in [3.63, 3.8) is 0 Å². The lowest BCUT2D eigenvalue weighted by molar-refractivity contribution is 0.0948. The fraction of sp³-hybridized carbons (Fsp3) is 0.500. The van der Waals surface area contributed by atoms with E-state index in [2.05, 4.69) is 10.7 Å². The summed E-state index contributed by atoms with van der Waals surface area (Å²) < 4.78 is 5.43. The predicted octanol–water partition coefficient (Wildman–Crippen LogP) is 5.41. The van der Waals surface area contributed by atoms with Crippen LogP contribution in [0.15, 0.2) is 29.6 Å². The van der Waals surface area contributed by atoms with Gasteiger partial charge in [-0.3, -0.25) is 5.32 Å². The summed E-state index contributed by atoms with van der Waals surface area (Å²) in [6.07, 6.45) is 5.01. The molecule has 1 aromatic heterocycles. The van der Waals surface area contributed by atoms with Crippen LogP contribution in [-0.4, -0.2) is 46.9 Å². The van der Waals surface area contributed by atoms with E-state index >= 15 is 0 Å². The first-order valence-electron chi connectivity index (χ1n) is 10.6. The molecule has 1 aliphatic heterocycles. The Labute approximate surface area is 180 Å². The Morgan fingerprint density at radius 1 is 1.17 bits per heavy atom. The van der Waals surface area contributed by atoms with E-state index in [4.69, 9.17) is 14.8 Å². The molecule has 2 amide bonds. The standard InChI is InChI=1S/C22H27N3O4S/c26-21(29-13-15-9-11-25(12-10-15)22(27)28)24-18-8-4-3-7-17(18)20-23-19(14-30-20)16-5-1-2-6-16/h3-4,7-8,14-16H,1-2,5-6,9-13H2,(H,24,26)(H,27,28). The molecule has 1 saturated heterocycles. The van der Waals surface area contributed by atoms with Crippen molar-refractivity contribution in [3.8, 4) is 10.6 Å². The van der Waals surface area contributed by atoms with Gasteiger partial charge in [-0.25, -0.2) is 14.6 Å². The van der Waals surface area contributed by atoms with Crippen molar-refractivity contribution >= 4 is 29.2 Å². The number of anilines is 1. The molecule has 0 radical (unpaired) electrons. The van der Waals surface area contributed by atoms with Crippen LogP contribution in [0.25, 0.3) is 10.6 Å². The third-order valence-corrected chi connectivity index (χ3v) is 6.92. The Kier molecular flexibility index (Phi) is 6.52. The molecule has 2 fully saturated rings. The van der Waals surface area contributed by atoms with Crippen LogP contribution in [0.2, 0.25) is 0 Å². The molecule has 30 heavy (non-hydrogen) atoms. The minimum atomic E-state index is -0.887. The lowest BCUT2D eigenvalue weighted by atomic mass is 9.98. The summed E-state index contributed by atoms with van der Waals surface area (Å²) >= 11 is 1.61. The first kappa shape index (κ1) is 20.7. The van der Waals surface area contributed by atoms with E-state index in [9.17, 15) is 9.59 Å². The van der Waals surface area contributed by atoms with Crippen LogP contribution in [0.1, 0.15) is 50.1 Å². The van der Waals surface area contributed by atoms with E-state index in [0.717, 1.165) is 16.3 Å². The monoisotopic (exact) mass is 429 g/mol. The molecule has 2 N–H and O–H groups in total. The van der Waals surface area contributed by atoms with E-state index in [0.29, 0.717) is 44.1 Å². The van der Waals surface area contributed by atoms with E-state index in [1.807, 2.05) is 24.3 Å². The maximum absolute atomic E-state index is 12.4. The van der Waals surface area contributed by atoms with E-state index < -0.39 is 12.2 Å². The number of carbonyl (C=O) groups is 2. The second-order valence-corrected chi connectivity index (χ2v) is 8.90. The molecule has 2 heterocycles. The number of carbonyl (C=O) groups excluding carboxylic acids is 1. The zero-order valence-electron chi connectivity index (χ0n) is 16.9. The van der Waals surface area contributed by atoms with E-state index in [-0.39, 0.29) is 5.92 Å². The van der Waals surface area contributed by atoms with Gasteiger partial charge in [-0.05, 0) is 43.7 Å². The average molecular weight is 430 g/mol. The molecule has 1 aliphatic carbocycles. The number of amides is 2. The van der Waals surface area contributed by atoms with Gasteiger partial charge in [0.25, 0.3) is 0 Å². The Bertz CT molecular complexity index is 886. The van der Waals surface area contributed by atoms with Crippen molar-refractivity contribution in [1.29, 1.82) is 0 Å². The number of para-hydroxylation sites is 1. The topological polar surface area (TPSA) is 91.8 Å². The van der Waals surface area contributed by atoms with Crippen molar-refractivity contribution in [2.45, 2.75) is 44.4 Å². The number of rotatable bonds is 5. The second-order valence-electron chi connectivity index (χ2n) is 8.04. The highest BCUT2D eigenvalue weighted by molar-refractivity contribution is 7.13. The number of hydrogen-bond donors (Lipinski definition) is 2. The van der Waals surface area contributed by atoms with Gasteiger partial charge in [0.15, 0.2) is 0 Å². The SMILES string of the molecule is O=C(Nc1ccccc1-c1nc(C2CCCC2)cs1)OCC1CCN(C(=O)O)CC1. The molecule has 160 valence electrons. The van der Waals surface area contributed by atoms with Gasteiger partial charge in [0.05, 0.1) is 18.0 Å². The minimum Gasteiger partial charge on any atom is -0.465 e. The first-order valence-corrected chi connectivity index (χ1v) is 11.4. The number of carboxylic acid groups (broad SMARTS) is 1. The number of benzene rings is 1. The van der Waals surface area contributed by atoms with Crippen LogP contribution in [-0.2, 0) is 4.74 Å². The molecule has 7 nitrogen and oxygen atoms in total. The highest BCUT2D eigenvalue weighted by atomic mass is 32.1. The third kappa shape index (κ3) is 4.92. The molecule has 2 aliphatic rings. The third-order valence-electron chi connectivity index (χ3n) is 6.02. The van der Waals surface area contributed by atoms with Crippen molar-refractivity contribution in [1.82, 2.24) is 9.88 Å². The van der Waals surface area contributed by atoms with Crippen LogP contribution < -0.4 is 5.32 Å². The molecule has 8 heteroatoms. The van der Waals surface area contributed by atoms with Gasteiger partial charge in [0, 0.05) is 30.0 Å². The number of thiazole rings is 1. The lowest BCUT2D eigenvalue weighted by Gasteiger charge is -2.29. The van der Waals surface area contributed by atoms with Crippen molar-refractivity contribution in [2.75, 3.05) is 25.0 Å². The molecule has 0 spiro atoms. The maximum Gasteiger partial charge on any atom is 0.411 e. The fourth-order valence-corrected chi connectivity index (χ4v) is 5.17. The summed E-state index contributed by atoms with van der Waals surface area (Å²) in [5.41, 5.74) is 2.76. The van der Waals surface area contributed by atoms with Crippen molar-refractivity contribution < 1.29 is 19.4 Å². The van der Waals surface area contributed by atoms with Gasteiger partial charge in [-0.1, -0.05) is 25.0 Å². The summed E-state index contributed by atoms with van der Waals surface area (Å²) in [7, 11) is 0. The Balaban J connectivity index is 1.34. The molecule has 1 saturated carbocycles. The average Bonchev–Trinajstić information content (AvgIpc) is 3.45. The number of nitrogens with one attached hydrogen (secondary N) is 1. The Morgan fingerprint density at radius 3 is 2.63 bits per heavy atom. The second kappa shape index (κ2) is 9.47. The Morgan fingerprint density at radius 2 is 1.90 bits per heavy atom. The predicted molar refractivity (Wildman–Crippen MR) is 116 cm³/mol. The van der Waals surface area contributed by atoms with Crippen LogP contribution in [0.3, 0.4) is 0 Å². The number of piperidine rings is 1. The molecule has 4 rings (SSSR count). The summed E-state index contributed by atoms with van der Waals surface area (Å²) in [5, 5.41) is 14.9. The zero-order valence-corrected chi connectivity index (χ0v) is 17.7. The molecular formula is C22H27N3O4S. The molecule has 0 bridgehead atoms. The highest BCUT2D eigenvalue weighted by Gasteiger charge is 2.24. The normalized spacial score (nSPS) is 17.8. The number of aromatic nitrogens is 1. The largest absolute Gasteiger partial charge is 0.465 e. The van der Waals surface area contributed by atoms with E-state index in [1.165, 1.54) is 30.6 Å². The molecular weight excluding hydrogens is 402 g/mol. The first-order chi connectivity index (χ1) is 14.6. The summed E-state index contributed by atoms with van der Waals surface area (Å²) in [5.74, 6) is 0.752. The molecule has 0 unspecified atom stereocenters. The van der Waals surface area contributed by atoms with Gasteiger partial charge in [-0.15, -0.1) is 11.3 Å². The number of nitrogens with zero attached hydrogens (tertiary/aromatic N) is 2. The van der Waals surface area contributed by atoms with Crippen LogP contribution in [0.4, 0.5) is 15.3 Å². The van der Waals surface area contributed by atoms with Gasteiger partial charge >= 0.3 is 12.2 Å².